The number of aliphatic hydroxyl groups is 1. The minimum absolute atomic E-state index is 0.0232. The molecular weight excluding hydrogens is 557 g/mol. The van der Waals surface area contributed by atoms with Gasteiger partial charge in [-0.25, -0.2) is 0 Å². The van der Waals surface area contributed by atoms with Crippen LogP contribution in [0.5, 0.6) is 11.5 Å². The van der Waals surface area contributed by atoms with Crippen molar-refractivity contribution in [3.05, 3.63) is 65.2 Å². The number of carbonyl (C=O) groups is 1. The molecule has 2 aromatic rings. The van der Waals surface area contributed by atoms with Crippen molar-refractivity contribution in [2.45, 2.75) is 87.9 Å². The zero-order valence-corrected chi connectivity index (χ0v) is 24.6. The maximum Gasteiger partial charge on any atom is 0.573 e. The molecule has 0 aromatic heterocycles. The number of amides is 1. The van der Waals surface area contributed by atoms with E-state index in [2.05, 4.69) is 29.6 Å². The fourth-order valence-corrected chi connectivity index (χ4v) is 8.61. The first-order valence-electron chi connectivity index (χ1n) is 15.6. The fourth-order valence-electron chi connectivity index (χ4n) is 8.61. The number of hydrogen-bond acceptors (Lipinski definition) is 5. The molecule has 0 radical (unpaired) electrons. The summed E-state index contributed by atoms with van der Waals surface area (Å²) in [6.45, 7) is 6.56. The van der Waals surface area contributed by atoms with E-state index in [0.29, 0.717) is 24.9 Å². The molecular formula is C34H39F3N2O4. The Kier molecular flexibility index (Phi) is 6.85. The summed E-state index contributed by atoms with van der Waals surface area (Å²) in [6.07, 6.45) is 3.11. The SMILES string of the molecule is CC(C)CN(C(=O)C=Cc1cccc(OC(F)(F)F)c1)[C@@H]1CC[C@@]2(O)[C@H]3Cc4cccc5c4[C@@]2(CCN3CC2CC2)[C@H]1O5. The van der Waals surface area contributed by atoms with E-state index in [0.717, 1.165) is 43.2 Å². The molecule has 2 aromatic carbocycles. The van der Waals surface area contributed by atoms with Gasteiger partial charge in [0.1, 0.15) is 17.6 Å². The number of benzene rings is 2. The number of piperidine rings is 1. The highest BCUT2D eigenvalue weighted by molar-refractivity contribution is 5.92. The summed E-state index contributed by atoms with van der Waals surface area (Å²) in [4.78, 5) is 18.3. The van der Waals surface area contributed by atoms with Crippen LogP contribution in [0.3, 0.4) is 0 Å². The van der Waals surface area contributed by atoms with E-state index in [1.807, 2.05) is 17.0 Å². The van der Waals surface area contributed by atoms with Crippen molar-refractivity contribution in [3.8, 4) is 11.5 Å². The van der Waals surface area contributed by atoms with Crippen molar-refractivity contribution in [1.82, 2.24) is 9.80 Å². The Morgan fingerprint density at radius 2 is 1.98 bits per heavy atom. The summed E-state index contributed by atoms with van der Waals surface area (Å²) in [7, 11) is 0. The quantitative estimate of drug-likeness (QED) is 0.396. The molecule has 5 atom stereocenters. The Morgan fingerprint density at radius 3 is 2.72 bits per heavy atom. The summed E-state index contributed by atoms with van der Waals surface area (Å²) in [5, 5.41) is 12.8. The third-order valence-electron chi connectivity index (χ3n) is 10.4. The van der Waals surface area contributed by atoms with Crippen LogP contribution in [0.15, 0.2) is 48.5 Å². The summed E-state index contributed by atoms with van der Waals surface area (Å²) in [5.74, 6) is 1.18. The van der Waals surface area contributed by atoms with Crippen LogP contribution in [-0.4, -0.2) is 70.6 Å². The van der Waals surface area contributed by atoms with Crippen LogP contribution in [0, 0.1) is 11.8 Å². The molecule has 2 bridgehead atoms. The summed E-state index contributed by atoms with van der Waals surface area (Å²) >= 11 is 0. The Hall–Kier alpha value is -3.04. The molecule has 2 saturated carbocycles. The van der Waals surface area contributed by atoms with E-state index in [1.54, 1.807) is 6.07 Å². The third kappa shape index (κ3) is 4.83. The highest BCUT2D eigenvalue weighted by Crippen LogP contribution is 2.64. The van der Waals surface area contributed by atoms with Gasteiger partial charge in [-0.3, -0.25) is 9.69 Å². The van der Waals surface area contributed by atoms with E-state index >= 15 is 0 Å². The van der Waals surface area contributed by atoms with Gasteiger partial charge in [0, 0.05) is 30.8 Å². The van der Waals surface area contributed by atoms with Crippen LogP contribution in [0.1, 0.15) is 62.6 Å². The van der Waals surface area contributed by atoms with Crippen LogP contribution in [-0.2, 0) is 16.6 Å². The smallest absolute Gasteiger partial charge is 0.487 e. The Morgan fingerprint density at radius 1 is 1.19 bits per heavy atom. The zero-order chi connectivity index (χ0) is 30.1. The van der Waals surface area contributed by atoms with Gasteiger partial charge in [-0.05, 0) is 92.3 Å². The van der Waals surface area contributed by atoms with Crippen molar-refractivity contribution in [2.24, 2.45) is 11.8 Å². The number of likely N-dealkylation sites (tertiary alicyclic amines) is 1. The highest BCUT2D eigenvalue weighted by Gasteiger charge is 2.73. The van der Waals surface area contributed by atoms with Crippen LogP contribution < -0.4 is 9.47 Å². The van der Waals surface area contributed by atoms with Gasteiger partial charge in [0.25, 0.3) is 0 Å². The normalized spacial score (nSPS) is 31.2. The van der Waals surface area contributed by atoms with Crippen LogP contribution >= 0.6 is 0 Å². The zero-order valence-electron chi connectivity index (χ0n) is 24.6. The van der Waals surface area contributed by atoms with Gasteiger partial charge in [-0.2, -0.15) is 0 Å². The van der Waals surface area contributed by atoms with E-state index in [4.69, 9.17) is 4.74 Å². The lowest BCUT2D eigenvalue weighted by Crippen LogP contribution is -2.78. The van der Waals surface area contributed by atoms with Crippen molar-refractivity contribution in [3.63, 3.8) is 0 Å². The van der Waals surface area contributed by atoms with Crippen LogP contribution in [0.25, 0.3) is 6.08 Å². The molecule has 1 spiro atoms. The molecule has 0 unspecified atom stereocenters. The number of nitrogens with zero attached hydrogens (tertiary/aromatic N) is 2. The minimum Gasteiger partial charge on any atom is -0.487 e. The van der Waals surface area contributed by atoms with Crippen LogP contribution in [0.2, 0.25) is 0 Å². The lowest BCUT2D eigenvalue weighted by Gasteiger charge is -2.65. The fraction of sp³-hybridized carbons (Fsp3) is 0.559. The van der Waals surface area contributed by atoms with E-state index in [-0.39, 0.29) is 35.8 Å². The molecule has 230 valence electrons. The van der Waals surface area contributed by atoms with Crippen molar-refractivity contribution in [2.75, 3.05) is 19.6 Å². The Bertz CT molecular complexity index is 1440. The Labute approximate surface area is 250 Å². The predicted molar refractivity (Wildman–Crippen MR) is 156 cm³/mol. The number of hydrogen-bond donors (Lipinski definition) is 1. The molecule has 9 heteroatoms. The number of halogens is 3. The topological polar surface area (TPSA) is 62.2 Å². The monoisotopic (exact) mass is 596 g/mol. The standard InChI is InChI=1S/C34H39F3N2O4/c1-21(2)19-39(29(40)12-11-22-5-3-7-25(17-22)43-34(35,36)37)26-13-14-33(41)28-18-24-6-4-8-27-30(24)32(33,31(26)42-27)15-16-38(28)20-23-9-10-23/h3-8,11-12,17,21,23,26,28,31,41H,9-10,13-16,18-20H2,1-2H3/t26-,28-,31+,32+,33-/m1/s1. The van der Waals surface area contributed by atoms with Crippen molar-refractivity contribution in [1.29, 1.82) is 0 Å². The number of ether oxygens (including phenoxy) is 2. The van der Waals surface area contributed by atoms with E-state index in [9.17, 15) is 23.1 Å². The number of alkyl halides is 3. The average Bonchev–Trinajstić information content (AvgIpc) is 3.69. The largest absolute Gasteiger partial charge is 0.573 e. The number of carbonyl (C=O) groups excluding carboxylic acids is 1. The maximum atomic E-state index is 13.9. The first-order chi connectivity index (χ1) is 20.5. The minimum atomic E-state index is -4.79. The van der Waals surface area contributed by atoms with Crippen molar-refractivity contribution < 1.29 is 32.5 Å². The molecule has 5 aliphatic rings. The van der Waals surface area contributed by atoms with Gasteiger partial charge in [0.15, 0.2) is 0 Å². The molecule has 1 amide bonds. The van der Waals surface area contributed by atoms with E-state index < -0.39 is 17.4 Å². The van der Waals surface area contributed by atoms with Gasteiger partial charge in [0.2, 0.25) is 5.91 Å². The highest BCUT2D eigenvalue weighted by atomic mass is 19.4. The van der Waals surface area contributed by atoms with Gasteiger partial charge >= 0.3 is 6.36 Å². The summed E-state index contributed by atoms with van der Waals surface area (Å²) in [6, 6.07) is 11.6. The molecule has 1 N–H and O–H groups in total. The first kappa shape index (κ1) is 28.7. The molecule has 3 fully saturated rings. The lowest BCUT2D eigenvalue weighted by atomic mass is 9.48. The second-order valence-corrected chi connectivity index (χ2v) is 13.6. The lowest BCUT2D eigenvalue weighted by molar-refractivity contribution is -0.274. The third-order valence-corrected chi connectivity index (χ3v) is 10.4. The van der Waals surface area contributed by atoms with E-state index in [1.165, 1.54) is 48.8 Å². The van der Waals surface area contributed by atoms with Crippen molar-refractivity contribution >= 4 is 12.0 Å². The predicted octanol–water partition coefficient (Wildman–Crippen LogP) is 5.72. The molecule has 43 heavy (non-hydrogen) atoms. The van der Waals surface area contributed by atoms with Crippen LogP contribution in [0.4, 0.5) is 13.2 Å². The molecule has 2 aliphatic heterocycles. The van der Waals surface area contributed by atoms with Gasteiger partial charge in [-0.15, -0.1) is 13.2 Å². The van der Waals surface area contributed by atoms with Gasteiger partial charge in [0.05, 0.1) is 17.1 Å². The first-order valence-corrected chi connectivity index (χ1v) is 15.6. The molecule has 2 heterocycles. The summed E-state index contributed by atoms with van der Waals surface area (Å²) in [5.41, 5.74) is 1.29. The molecule has 6 nitrogen and oxygen atoms in total. The second-order valence-electron chi connectivity index (χ2n) is 13.6. The molecule has 1 saturated heterocycles. The second kappa shape index (κ2) is 10.3. The summed E-state index contributed by atoms with van der Waals surface area (Å²) < 4.78 is 49.1. The Balaban J connectivity index is 1.21. The van der Waals surface area contributed by atoms with Gasteiger partial charge < -0.3 is 19.5 Å². The van der Waals surface area contributed by atoms with Gasteiger partial charge in [-0.1, -0.05) is 38.1 Å². The molecule has 3 aliphatic carbocycles. The number of rotatable bonds is 8. The average molecular weight is 597 g/mol. The molecule has 7 rings (SSSR count). The maximum absolute atomic E-state index is 13.9.